The third kappa shape index (κ3) is 4.73. The molecule has 2 N–H and O–H groups in total. The molecule has 6 heteroatoms. The third-order valence-electron chi connectivity index (χ3n) is 4.09. The highest BCUT2D eigenvalue weighted by molar-refractivity contribution is 6.33. The lowest BCUT2D eigenvalue weighted by Crippen LogP contribution is -2.21. The van der Waals surface area contributed by atoms with E-state index in [9.17, 15) is 9.59 Å². The summed E-state index contributed by atoms with van der Waals surface area (Å²) in [6.45, 7) is 2.15. The van der Waals surface area contributed by atoms with E-state index in [1.54, 1.807) is 24.3 Å². The maximum absolute atomic E-state index is 12.0. The second kappa shape index (κ2) is 8.03. The Hall–Kier alpha value is -2.53. The first-order valence-corrected chi connectivity index (χ1v) is 8.69. The van der Waals surface area contributed by atoms with Gasteiger partial charge in [-0.15, -0.1) is 0 Å². The van der Waals surface area contributed by atoms with E-state index in [-0.39, 0.29) is 12.3 Å². The van der Waals surface area contributed by atoms with Crippen LogP contribution in [0.3, 0.4) is 0 Å². The average molecular weight is 358 g/mol. The molecule has 1 saturated heterocycles. The van der Waals surface area contributed by atoms with E-state index < -0.39 is 5.91 Å². The molecule has 1 aliphatic heterocycles. The molecule has 1 aliphatic rings. The third-order valence-corrected chi connectivity index (χ3v) is 4.42. The smallest absolute Gasteiger partial charge is 0.233 e. The van der Waals surface area contributed by atoms with Crippen molar-refractivity contribution in [1.82, 2.24) is 0 Å². The molecule has 1 heterocycles. The van der Waals surface area contributed by atoms with Gasteiger partial charge >= 0.3 is 0 Å². The maximum atomic E-state index is 12.0. The quantitative estimate of drug-likeness (QED) is 0.797. The molecule has 0 bridgehead atoms. The topological polar surface area (TPSA) is 61.4 Å². The number of anilines is 3. The summed E-state index contributed by atoms with van der Waals surface area (Å²) in [5.74, 6) is -0.766. The van der Waals surface area contributed by atoms with Gasteiger partial charge in [0.05, 0.1) is 10.7 Å². The first-order chi connectivity index (χ1) is 12.1. The Bertz CT molecular complexity index is 756. The Labute approximate surface area is 152 Å². The number of carbonyl (C=O) groups excluding carboxylic acids is 2. The number of nitrogens with zero attached hydrogens (tertiary/aromatic N) is 1. The summed E-state index contributed by atoms with van der Waals surface area (Å²) in [6.07, 6.45) is 2.18. The van der Waals surface area contributed by atoms with Crippen LogP contribution in [0.1, 0.15) is 19.3 Å². The van der Waals surface area contributed by atoms with Crippen molar-refractivity contribution in [2.75, 3.05) is 28.6 Å². The van der Waals surface area contributed by atoms with E-state index in [0.29, 0.717) is 16.4 Å². The maximum Gasteiger partial charge on any atom is 0.233 e. The van der Waals surface area contributed by atoms with E-state index in [4.69, 9.17) is 11.6 Å². The van der Waals surface area contributed by atoms with Gasteiger partial charge in [-0.05, 0) is 49.2 Å². The number of rotatable bonds is 5. The zero-order chi connectivity index (χ0) is 17.6. The first kappa shape index (κ1) is 17.3. The highest BCUT2D eigenvalue weighted by atomic mass is 35.5. The van der Waals surface area contributed by atoms with E-state index >= 15 is 0 Å². The SMILES string of the molecule is O=C(CC(=O)Nc1ccccc1Cl)Nc1ccc(N2CCCC2)cc1. The first-order valence-electron chi connectivity index (χ1n) is 8.31. The lowest BCUT2D eigenvalue weighted by Gasteiger charge is -2.17. The number of hydrogen-bond donors (Lipinski definition) is 2. The van der Waals surface area contributed by atoms with Crippen LogP contribution >= 0.6 is 11.6 Å². The van der Waals surface area contributed by atoms with Gasteiger partial charge in [-0.25, -0.2) is 0 Å². The molecular weight excluding hydrogens is 338 g/mol. The summed E-state index contributed by atoms with van der Waals surface area (Å²) in [4.78, 5) is 26.3. The molecule has 5 nitrogen and oxygen atoms in total. The minimum Gasteiger partial charge on any atom is -0.372 e. The van der Waals surface area contributed by atoms with Crippen LogP contribution in [0.25, 0.3) is 0 Å². The summed E-state index contributed by atoms with van der Waals surface area (Å²) < 4.78 is 0. The van der Waals surface area contributed by atoms with E-state index in [0.717, 1.165) is 18.8 Å². The minimum absolute atomic E-state index is 0.265. The van der Waals surface area contributed by atoms with Crippen LogP contribution in [-0.4, -0.2) is 24.9 Å². The van der Waals surface area contributed by atoms with Crippen molar-refractivity contribution in [2.45, 2.75) is 19.3 Å². The van der Waals surface area contributed by atoms with Crippen molar-refractivity contribution in [2.24, 2.45) is 0 Å². The molecule has 2 amide bonds. The number of carbonyl (C=O) groups is 2. The molecule has 0 atom stereocenters. The molecule has 0 aromatic heterocycles. The number of benzene rings is 2. The van der Waals surface area contributed by atoms with Crippen LogP contribution < -0.4 is 15.5 Å². The van der Waals surface area contributed by atoms with Crippen LogP contribution in [0.2, 0.25) is 5.02 Å². The number of halogens is 1. The molecule has 0 aliphatic carbocycles. The van der Waals surface area contributed by atoms with Gasteiger partial charge in [-0.3, -0.25) is 9.59 Å². The van der Waals surface area contributed by atoms with Gasteiger partial charge in [0.1, 0.15) is 6.42 Å². The average Bonchev–Trinajstić information content (AvgIpc) is 3.12. The Morgan fingerprint density at radius 2 is 1.56 bits per heavy atom. The molecule has 3 rings (SSSR count). The van der Waals surface area contributed by atoms with Crippen LogP contribution in [-0.2, 0) is 9.59 Å². The van der Waals surface area contributed by atoms with Crippen molar-refractivity contribution < 1.29 is 9.59 Å². The van der Waals surface area contributed by atoms with Crippen molar-refractivity contribution in [3.8, 4) is 0 Å². The zero-order valence-electron chi connectivity index (χ0n) is 13.8. The number of nitrogens with one attached hydrogen (secondary N) is 2. The molecule has 0 spiro atoms. The Morgan fingerprint density at radius 1 is 0.920 bits per heavy atom. The predicted molar refractivity (Wildman–Crippen MR) is 101 cm³/mol. The molecule has 130 valence electrons. The highest BCUT2D eigenvalue weighted by Gasteiger charge is 2.13. The molecule has 2 aromatic carbocycles. The van der Waals surface area contributed by atoms with Crippen LogP contribution in [0.15, 0.2) is 48.5 Å². The molecule has 0 saturated carbocycles. The van der Waals surface area contributed by atoms with Gasteiger partial charge in [-0.1, -0.05) is 23.7 Å². The fourth-order valence-corrected chi connectivity index (χ4v) is 3.02. The van der Waals surface area contributed by atoms with Gasteiger partial charge in [-0.2, -0.15) is 0 Å². The van der Waals surface area contributed by atoms with Crippen molar-refractivity contribution in [1.29, 1.82) is 0 Å². The van der Waals surface area contributed by atoms with Crippen molar-refractivity contribution >= 4 is 40.5 Å². The van der Waals surface area contributed by atoms with Crippen LogP contribution in [0.4, 0.5) is 17.1 Å². The zero-order valence-corrected chi connectivity index (χ0v) is 14.6. The van der Waals surface area contributed by atoms with E-state index in [1.807, 2.05) is 24.3 Å². The highest BCUT2D eigenvalue weighted by Crippen LogP contribution is 2.22. The van der Waals surface area contributed by atoms with Crippen LogP contribution in [0, 0.1) is 0 Å². The molecule has 2 aromatic rings. The summed E-state index contributed by atoms with van der Waals surface area (Å²) in [7, 11) is 0. The van der Waals surface area contributed by atoms with E-state index in [1.165, 1.54) is 12.8 Å². The summed E-state index contributed by atoms with van der Waals surface area (Å²) >= 11 is 5.98. The minimum atomic E-state index is -0.403. The largest absolute Gasteiger partial charge is 0.372 e. The lowest BCUT2D eigenvalue weighted by molar-refractivity contribution is -0.123. The fraction of sp³-hybridized carbons (Fsp3) is 0.263. The summed E-state index contributed by atoms with van der Waals surface area (Å²) in [5.41, 5.74) is 2.34. The van der Waals surface area contributed by atoms with Crippen molar-refractivity contribution in [3.05, 3.63) is 53.6 Å². The fourth-order valence-electron chi connectivity index (χ4n) is 2.84. The molecule has 0 unspecified atom stereocenters. The van der Waals surface area contributed by atoms with Crippen molar-refractivity contribution in [3.63, 3.8) is 0 Å². The molecule has 1 fully saturated rings. The van der Waals surface area contributed by atoms with Gasteiger partial charge in [0.25, 0.3) is 0 Å². The standard InChI is InChI=1S/C19H20ClN3O2/c20-16-5-1-2-6-17(16)22-19(25)13-18(24)21-14-7-9-15(10-8-14)23-11-3-4-12-23/h1-2,5-10H,3-4,11-13H2,(H,21,24)(H,22,25). The number of para-hydroxylation sites is 1. The second-order valence-corrected chi connectivity index (χ2v) is 6.40. The Balaban J connectivity index is 1.51. The normalized spacial score (nSPS) is 13.6. The molecule has 0 radical (unpaired) electrons. The van der Waals surface area contributed by atoms with Crippen LogP contribution in [0.5, 0.6) is 0 Å². The van der Waals surface area contributed by atoms with Gasteiger partial charge in [0.2, 0.25) is 11.8 Å². The lowest BCUT2D eigenvalue weighted by atomic mass is 10.2. The Morgan fingerprint density at radius 3 is 2.24 bits per heavy atom. The number of hydrogen-bond acceptors (Lipinski definition) is 3. The Kier molecular flexibility index (Phi) is 5.56. The summed E-state index contributed by atoms with van der Waals surface area (Å²) in [5, 5.41) is 5.81. The second-order valence-electron chi connectivity index (χ2n) is 5.99. The number of amides is 2. The predicted octanol–water partition coefficient (Wildman–Crippen LogP) is 3.91. The van der Waals surface area contributed by atoms with Gasteiger partial charge < -0.3 is 15.5 Å². The molecular formula is C19H20ClN3O2. The monoisotopic (exact) mass is 357 g/mol. The van der Waals surface area contributed by atoms with E-state index in [2.05, 4.69) is 15.5 Å². The van der Waals surface area contributed by atoms with Gasteiger partial charge in [0, 0.05) is 24.5 Å². The summed E-state index contributed by atoms with van der Waals surface area (Å²) in [6, 6.07) is 14.6. The van der Waals surface area contributed by atoms with Gasteiger partial charge in [0.15, 0.2) is 0 Å². The molecule has 25 heavy (non-hydrogen) atoms.